The van der Waals surface area contributed by atoms with Crippen molar-refractivity contribution in [2.45, 2.75) is 108 Å². The molecule has 17 heteroatoms. The molecule has 300 valence electrons. The van der Waals surface area contributed by atoms with E-state index in [1.54, 1.807) is 26.8 Å². The summed E-state index contributed by atoms with van der Waals surface area (Å²) in [6.45, 7) is 9.61. The summed E-state index contributed by atoms with van der Waals surface area (Å²) in [7, 11) is -2.39. The molecule has 0 spiro atoms. The summed E-state index contributed by atoms with van der Waals surface area (Å²) in [6.07, 6.45) is 5.78. The number of ether oxygens (including phenoxy) is 4. The molecule has 55 heavy (non-hydrogen) atoms. The zero-order valence-electron chi connectivity index (χ0n) is 31.8. The van der Waals surface area contributed by atoms with Gasteiger partial charge in [-0.15, -0.1) is 6.58 Å². The minimum Gasteiger partial charge on any atom is -0.493 e. The smallest absolute Gasteiger partial charge is 0.410 e. The van der Waals surface area contributed by atoms with Crippen molar-refractivity contribution in [1.29, 1.82) is 0 Å². The first-order chi connectivity index (χ1) is 26.1. The van der Waals surface area contributed by atoms with Crippen molar-refractivity contribution in [2.24, 2.45) is 11.3 Å². The maximum absolute atomic E-state index is 14.5. The number of allylic oxidation sites excluding steroid dienone is 1. The first-order valence-electron chi connectivity index (χ1n) is 18.7. The third kappa shape index (κ3) is 8.71. The highest BCUT2D eigenvalue weighted by molar-refractivity contribution is 7.91. The van der Waals surface area contributed by atoms with Gasteiger partial charge in [0.15, 0.2) is 11.5 Å². The number of benzene rings is 1. The summed E-state index contributed by atoms with van der Waals surface area (Å²) in [5.41, 5.74) is -0.820. The van der Waals surface area contributed by atoms with Crippen LogP contribution < -0.4 is 24.8 Å². The van der Waals surface area contributed by atoms with Crippen molar-refractivity contribution in [1.82, 2.24) is 25.2 Å². The highest BCUT2D eigenvalue weighted by Gasteiger charge is 2.62. The second-order valence-electron chi connectivity index (χ2n) is 15.9. The molecule has 1 aromatic carbocycles. The quantitative estimate of drug-likeness (QED) is 0.344. The van der Waals surface area contributed by atoms with Crippen LogP contribution in [0.15, 0.2) is 36.9 Å². The van der Waals surface area contributed by atoms with E-state index in [0.717, 1.165) is 17.5 Å². The lowest BCUT2D eigenvalue weighted by Gasteiger charge is -2.35. The number of methoxy groups -OCH3 is 1. The van der Waals surface area contributed by atoms with Crippen LogP contribution in [0.5, 0.6) is 11.5 Å². The van der Waals surface area contributed by atoms with Crippen LogP contribution in [0.4, 0.5) is 9.59 Å². The molecule has 2 aliphatic carbocycles. The number of carbonyl (C=O) groups is 5. The monoisotopic (exact) mass is 785 g/mol. The lowest BCUT2D eigenvalue weighted by atomic mass is 9.85. The van der Waals surface area contributed by atoms with E-state index in [-0.39, 0.29) is 45.7 Å². The average Bonchev–Trinajstić information content (AvgIpc) is 4.02. The predicted molar refractivity (Wildman–Crippen MR) is 198 cm³/mol. The van der Waals surface area contributed by atoms with Gasteiger partial charge in [-0.3, -0.25) is 24.0 Å². The number of sulfonamides is 1. The molecular formula is C38H51N5O11S. The molecule has 3 fully saturated rings. The molecule has 3 heterocycles. The Kier molecular flexibility index (Phi) is 11.4. The van der Waals surface area contributed by atoms with Crippen molar-refractivity contribution in [3.63, 3.8) is 0 Å². The zero-order chi connectivity index (χ0) is 39.7. The molecule has 3 aliphatic heterocycles. The minimum absolute atomic E-state index is 0.105. The molecule has 5 atom stereocenters. The van der Waals surface area contributed by atoms with E-state index in [2.05, 4.69) is 21.9 Å². The van der Waals surface area contributed by atoms with Crippen molar-refractivity contribution in [3.05, 3.63) is 48.1 Å². The van der Waals surface area contributed by atoms with Crippen LogP contribution in [0.1, 0.15) is 76.8 Å². The van der Waals surface area contributed by atoms with Crippen LogP contribution in [0.2, 0.25) is 0 Å². The van der Waals surface area contributed by atoms with Gasteiger partial charge >= 0.3 is 12.2 Å². The summed E-state index contributed by atoms with van der Waals surface area (Å²) in [5, 5.41) is 4.75. The van der Waals surface area contributed by atoms with E-state index >= 15 is 0 Å². The number of hydrogen-bond donors (Lipinski definition) is 3. The number of nitrogens with one attached hydrogen (secondary N) is 3. The van der Waals surface area contributed by atoms with Crippen LogP contribution in [-0.4, -0.2) is 104 Å². The molecule has 5 aliphatic rings. The predicted octanol–water partition coefficient (Wildman–Crippen LogP) is 3.05. The summed E-state index contributed by atoms with van der Waals surface area (Å²) >= 11 is 0. The van der Waals surface area contributed by atoms with E-state index in [1.807, 2.05) is 18.2 Å². The maximum Gasteiger partial charge on any atom is 0.410 e. The lowest BCUT2D eigenvalue weighted by Crippen LogP contribution is -2.60. The van der Waals surface area contributed by atoms with Crippen LogP contribution in [0.25, 0.3) is 0 Å². The van der Waals surface area contributed by atoms with Crippen molar-refractivity contribution < 1.29 is 51.3 Å². The Bertz CT molecular complexity index is 1860. The molecule has 0 radical (unpaired) electrons. The third-order valence-electron chi connectivity index (χ3n) is 10.7. The number of nitrogens with zero attached hydrogens (tertiary/aromatic N) is 2. The molecule has 3 N–H and O–H groups in total. The van der Waals surface area contributed by atoms with Gasteiger partial charge in [0.1, 0.15) is 30.3 Å². The van der Waals surface area contributed by atoms with Gasteiger partial charge < -0.3 is 34.5 Å². The second-order valence-corrected chi connectivity index (χ2v) is 17.8. The molecule has 2 saturated carbocycles. The Hall–Kier alpha value is -4.80. The number of rotatable bonds is 7. The van der Waals surface area contributed by atoms with Crippen molar-refractivity contribution >= 4 is 39.9 Å². The summed E-state index contributed by atoms with van der Waals surface area (Å²) in [4.78, 5) is 71.6. The topological polar surface area (TPSA) is 199 Å². The third-order valence-corrected chi connectivity index (χ3v) is 12.6. The molecule has 1 saturated heterocycles. The Labute approximate surface area is 321 Å². The van der Waals surface area contributed by atoms with E-state index in [1.165, 1.54) is 23.0 Å². The van der Waals surface area contributed by atoms with Gasteiger partial charge in [0, 0.05) is 24.4 Å². The summed E-state index contributed by atoms with van der Waals surface area (Å²) < 4.78 is 50.6. The van der Waals surface area contributed by atoms with Gasteiger partial charge in [0.25, 0.3) is 5.91 Å². The average molecular weight is 786 g/mol. The van der Waals surface area contributed by atoms with Crippen LogP contribution >= 0.6 is 0 Å². The summed E-state index contributed by atoms with van der Waals surface area (Å²) in [6, 6.07) is 1.23. The molecule has 6 rings (SSSR count). The van der Waals surface area contributed by atoms with Gasteiger partial charge in [-0.1, -0.05) is 45.1 Å². The highest BCUT2D eigenvalue weighted by atomic mass is 32.2. The first kappa shape index (κ1) is 39.9. The largest absolute Gasteiger partial charge is 0.493 e. The van der Waals surface area contributed by atoms with Crippen molar-refractivity contribution in [2.75, 3.05) is 26.9 Å². The van der Waals surface area contributed by atoms with E-state index in [9.17, 15) is 32.4 Å². The number of amides is 5. The van der Waals surface area contributed by atoms with Crippen molar-refractivity contribution in [3.8, 4) is 11.5 Å². The molecule has 5 amide bonds. The van der Waals surface area contributed by atoms with E-state index in [4.69, 9.17) is 18.9 Å². The van der Waals surface area contributed by atoms with E-state index < -0.39 is 80.2 Å². The van der Waals surface area contributed by atoms with E-state index in [0.29, 0.717) is 37.2 Å². The van der Waals surface area contributed by atoms with Crippen LogP contribution in [0, 0.1) is 11.3 Å². The fourth-order valence-corrected chi connectivity index (χ4v) is 8.66. The summed E-state index contributed by atoms with van der Waals surface area (Å²) in [5.74, 6) is -1.77. The van der Waals surface area contributed by atoms with Crippen LogP contribution in [0.3, 0.4) is 0 Å². The zero-order valence-corrected chi connectivity index (χ0v) is 32.6. The molecule has 0 aromatic heterocycles. The Balaban J connectivity index is 1.27. The fourth-order valence-electron chi connectivity index (χ4n) is 7.30. The molecular weight excluding hydrogens is 735 g/mol. The Morgan fingerprint density at radius 3 is 2.53 bits per heavy atom. The standard InChI is InChI=1S/C38H51N5O11S/c1-6-24-19-38(24,34(46)41-55(49,50)26-13-14-26)40-32(44)28-18-25-21-43(28)33(45)31(37(2,3)4)39-35(47)53-17-11-9-7-8-10-16-52-30-27-22-42(36(48)54-25)20-23(27)12-15-29(30)51-5/h6,8,10,12,15,24-26,28,31H,1,7,9,11,13-14,16-22H2,2-5H3,(H,39,47)(H,40,44)(H,41,46)/b10-8+/t24-,25?,28-,31+,38-/m0/s1. The SMILES string of the molecule is C=C[C@H]1C[C@@]1(NC(=O)[C@@H]1CC2CN1C(=O)[C@H](C(C)(C)C)NC(=O)OCCCC/C=C/COc1c(OC)ccc3c1CN(C3)C(=O)O2)C(=O)NS(=O)(=O)C1CC1. The molecule has 4 bridgehead atoms. The number of hydrogen-bond acceptors (Lipinski definition) is 11. The number of alkyl carbamates (subject to hydrolysis) is 1. The van der Waals surface area contributed by atoms with Gasteiger partial charge in [-0.05, 0) is 55.6 Å². The first-order valence-corrected chi connectivity index (χ1v) is 20.3. The lowest BCUT2D eigenvalue weighted by molar-refractivity contribution is -0.142. The minimum atomic E-state index is -3.93. The molecule has 1 aromatic rings. The van der Waals surface area contributed by atoms with Gasteiger partial charge in [0.2, 0.25) is 21.8 Å². The Morgan fingerprint density at radius 1 is 1.09 bits per heavy atom. The maximum atomic E-state index is 14.5. The fraction of sp³-hybridized carbons (Fsp3) is 0.605. The number of carbonyl (C=O) groups excluding carboxylic acids is 5. The number of fused-ring (bicyclic) bond motifs is 3. The second kappa shape index (κ2) is 15.7. The van der Waals surface area contributed by atoms with Gasteiger partial charge in [-0.25, -0.2) is 18.0 Å². The Morgan fingerprint density at radius 2 is 1.85 bits per heavy atom. The molecule has 1 unspecified atom stereocenters. The number of cyclic esters (lactones) is 1. The van der Waals surface area contributed by atoms with Gasteiger partial charge in [0.05, 0.1) is 32.1 Å². The highest BCUT2D eigenvalue weighted by Crippen LogP contribution is 2.46. The normalized spacial score (nSPS) is 28.3. The van der Waals surface area contributed by atoms with Crippen LogP contribution in [-0.2, 0) is 47.0 Å². The van der Waals surface area contributed by atoms with Gasteiger partial charge in [-0.2, -0.15) is 0 Å². The molecule has 16 nitrogen and oxygen atoms in total.